The van der Waals surface area contributed by atoms with Gasteiger partial charge in [0.15, 0.2) is 0 Å². The maximum Gasteiger partial charge on any atom is 0.121 e. The minimum Gasteiger partial charge on any atom is -0.496 e. The van der Waals surface area contributed by atoms with Crippen molar-refractivity contribution in [3.05, 3.63) is 47.8 Å². The molecule has 0 fully saturated rings. The molecule has 1 aromatic heterocycles. The summed E-state index contributed by atoms with van der Waals surface area (Å²) in [7, 11) is 1.69. The molecule has 0 saturated carbocycles. The third-order valence-corrected chi connectivity index (χ3v) is 2.71. The van der Waals surface area contributed by atoms with Gasteiger partial charge in [0.25, 0.3) is 0 Å². The topological polar surface area (TPSA) is 22.1 Å². The normalized spacial score (nSPS) is 10.2. The van der Waals surface area contributed by atoms with Gasteiger partial charge in [-0.05, 0) is 43.2 Å². The molecule has 0 amide bonds. The molecule has 0 radical (unpaired) electrons. The highest BCUT2D eigenvalue weighted by atomic mass is 16.5. The largest absolute Gasteiger partial charge is 0.496 e. The molecule has 0 aliphatic carbocycles. The van der Waals surface area contributed by atoms with Crippen molar-refractivity contribution in [3.8, 4) is 16.9 Å². The second-order valence-electron chi connectivity index (χ2n) is 3.82. The van der Waals surface area contributed by atoms with Crippen molar-refractivity contribution in [2.24, 2.45) is 0 Å². The standard InChI is InChI=1S/C14H15NO/c1-10-9-12(6-7-14(10)16-3)13-5-4-8-15-11(13)2/h4-9H,1-3H3. The molecule has 82 valence electrons. The smallest absolute Gasteiger partial charge is 0.121 e. The number of nitrogens with zero attached hydrogens (tertiary/aromatic N) is 1. The van der Waals surface area contributed by atoms with Crippen LogP contribution in [0.2, 0.25) is 0 Å². The fourth-order valence-corrected chi connectivity index (χ4v) is 1.84. The van der Waals surface area contributed by atoms with Gasteiger partial charge in [0.05, 0.1) is 7.11 Å². The number of hydrogen-bond donors (Lipinski definition) is 0. The Morgan fingerprint density at radius 1 is 1.12 bits per heavy atom. The van der Waals surface area contributed by atoms with E-state index in [1.54, 1.807) is 7.11 Å². The zero-order chi connectivity index (χ0) is 11.5. The highest BCUT2D eigenvalue weighted by Gasteiger charge is 2.04. The van der Waals surface area contributed by atoms with Gasteiger partial charge in [0.1, 0.15) is 5.75 Å². The maximum absolute atomic E-state index is 5.25. The SMILES string of the molecule is COc1ccc(-c2cccnc2C)cc1C. The Kier molecular flexibility index (Phi) is 2.91. The molecule has 16 heavy (non-hydrogen) atoms. The van der Waals surface area contributed by atoms with Crippen LogP contribution >= 0.6 is 0 Å². The van der Waals surface area contributed by atoms with E-state index in [0.717, 1.165) is 17.0 Å². The zero-order valence-corrected chi connectivity index (χ0v) is 9.82. The van der Waals surface area contributed by atoms with E-state index in [9.17, 15) is 0 Å². The van der Waals surface area contributed by atoms with Crippen LogP contribution in [0.4, 0.5) is 0 Å². The first-order valence-electron chi connectivity index (χ1n) is 5.29. The first-order valence-corrected chi connectivity index (χ1v) is 5.29. The molecule has 1 heterocycles. The lowest BCUT2D eigenvalue weighted by Gasteiger charge is -2.08. The molecule has 0 aliphatic rings. The summed E-state index contributed by atoms with van der Waals surface area (Å²) in [5, 5.41) is 0. The van der Waals surface area contributed by atoms with Gasteiger partial charge in [-0.1, -0.05) is 12.1 Å². The number of ether oxygens (including phenoxy) is 1. The number of aromatic nitrogens is 1. The molecule has 2 nitrogen and oxygen atoms in total. The van der Waals surface area contributed by atoms with E-state index in [0.29, 0.717) is 0 Å². The molecule has 0 saturated heterocycles. The highest BCUT2D eigenvalue weighted by Crippen LogP contribution is 2.27. The second-order valence-corrected chi connectivity index (χ2v) is 3.82. The summed E-state index contributed by atoms with van der Waals surface area (Å²) in [6.07, 6.45) is 1.81. The first kappa shape index (κ1) is 10.7. The van der Waals surface area contributed by atoms with Crippen LogP contribution in [0.5, 0.6) is 5.75 Å². The fourth-order valence-electron chi connectivity index (χ4n) is 1.84. The van der Waals surface area contributed by atoms with E-state index in [2.05, 4.69) is 23.2 Å². The average Bonchev–Trinajstić information content (AvgIpc) is 2.29. The van der Waals surface area contributed by atoms with Crippen molar-refractivity contribution < 1.29 is 4.74 Å². The Bertz CT molecular complexity index is 506. The predicted molar refractivity (Wildman–Crippen MR) is 65.7 cm³/mol. The van der Waals surface area contributed by atoms with Gasteiger partial charge in [-0.2, -0.15) is 0 Å². The van der Waals surface area contributed by atoms with Crippen molar-refractivity contribution >= 4 is 0 Å². The summed E-state index contributed by atoms with van der Waals surface area (Å²) in [5.74, 6) is 0.922. The summed E-state index contributed by atoms with van der Waals surface area (Å²) >= 11 is 0. The molecular formula is C14H15NO. The molecule has 1 aromatic carbocycles. The molecule has 0 N–H and O–H groups in total. The van der Waals surface area contributed by atoms with Crippen LogP contribution < -0.4 is 4.74 Å². The van der Waals surface area contributed by atoms with Crippen LogP contribution in [0.15, 0.2) is 36.5 Å². The monoisotopic (exact) mass is 213 g/mol. The Balaban J connectivity index is 2.50. The molecule has 0 atom stereocenters. The Morgan fingerprint density at radius 3 is 2.56 bits per heavy atom. The lowest BCUT2D eigenvalue weighted by Crippen LogP contribution is -1.90. The van der Waals surface area contributed by atoms with E-state index in [-0.39, 0.29) is 0 Å². The molecule has 2 rings (SSSR count). The maximum atomic E-state index is 5.25. The number of pyridine rings is 1. The number of hydrogen-bond acceptors (Lipinski definition) is 2. The van der Waals surface area contributed by atoms with E-state index >= 15 is 0 Å². The Morgan fingerprint density at radius 2 is 1.94 bits per heavy atom. The quantitative estimate of drug-likeness (QED) is 0.763. The Labute approximate surface area is 95.9 Å². The summed E-state index contributed by atoms with van der Waals surface area (Å²) in [4.78, 5) is 4.30. The van der Waals surface area contributed by atoms with Crippen molar-refractivity contribution in [1.82, 2.24) is 4.98 Å². The van der Waals surface area contributed by atoms with E-state index in [1.807, 2.05) is 32.2 Å². The van der Waals surface area contributed by atoms with Crippen LogP contribution in [-0.2, 0) is 0 Å². The summed E-state index contributed by atoms with van der Waals surface area (Å²) in [5.41, 5.74) is 4.55. The predicted octanol–water partition coefficient (Wildman–Crippen LogP) is 3.37. The van der Waals surface area contributed by atoms with Gasteiger partial charge >= 0.3 is 0 Å². The van der Waals surface area contributed by atoms with Crippen molar-refractivity contribution in [2.75, 3.05) is 7.11 Å². The lowest BCUT2D eigenvalue weighted by molar-refractivity contribution is 0.412. The van der Waals surface area contributed by atoms with Crippen LogP contribution in [0.1, 0.15) is 11.3 Å². The van der Waals surface area contributed by atoms with Crippen molar-refractivity contribution in [1.29, 1.82) is 0 Å². The molecule has 0 bridgehead atoms. The number of rotatable bonds is 2. The molecule has 2 heteroatoms. The lowest BCUT2D eigenvalue weighted by atomic mass is 10.0. The summed E-state index contributed by atoms with van der Waals surface area (Å²) in [6, 6.07) is 10.2. The second kappa shape index (κ2) is 4.35. The van der Waals surface area contributed by atoms with Crippen molar-refractivity contribution in [3.63, 3.8) is 0 Å². The van der Waals surface area contributed by atoms with E-state index in [4.69, 9.17) is 4.74 Å². The molecular weight excluding hydrogens is 198 g/mol. The van der Waals surface area contributed by atoms with Crippen LogP contribution in [0, 0.1) is 13.8 Å². The number of methoxy groups -OCH3 is 1. The van der Waals surface area contributed by atoms with Gasteiger partial charge < -0.3 is 4.74 Å². The van der Waals surface area contributed by atoms with Gasteiger partial charge in [-0.25, -0.2) is 0 Å². The molecule has 0 unspecified atom stereocenters. The van der Waals surface area contributed by atoms with Crippen LogP contribution in [0.3, 0.4) is 0 Å². The number of benzene rings is 1. The van der Waals surface area contributed by atoms with Crippen molar-refractivity contribution in [2.45, 2.75) is 13.8 Å². The third kappa shape index (κ3) is 1.91. The Hall–Kier alpha value is -1.83. The molecule has 2 aromatic rings. The molecule has 0 spiro atoms. The van der Waals surface area contributed by atoms with Crippen LogP contribution in [0.25, 0.3) is 11.1 Å². The van der Waals surface area contributed by atoms with Gasteiger partial charge in [0.2, 0.25) is 0 Å². The highest BCUT2D eigenvalue weighted by molar-refractivity contribution is 5.67. The summed E-state index contributed by atoms with van der Waals surface area (Å²) in [6.45, 7) is 4.07. The van der Waals surface area contributed by atoms with Gasteiger partial charge in [-0.15, -0.1) is 0 Å². The first-order chi connectivity index (χ1) is 7.72. The minimum absolute atomic E-state index is 0.922. The third-order valence-electron chi connectivity index (χ3n) is 2.71. The number of aryl methyl sites for hydroxylation is 2. The van der Waals surface area contributed by atoms with Gasteiger partial charge in [0, 0.05) is 17.5 Å². The fraction of sp³-hybridized carbons (Fsp3) is 0.214. The van der Waals surface area contributed by atoms with Crippen LogP contribution in [-0.4, -0.2) is 12.1 Å². The van der Waals surface area contributed by atoms with E-state index < -0.39 is 0 Å². The average molecular weight is 213 g/mol. The summed E-state index contributed by atoms with van der Waals surface area (Å²) < 4.78 is 5.25. The molecule has 0 aliphatic heterocycles. The zero-order valence-electron chi connectivity index (χ0n) is 9.82. The van der Waals surface area contributed by atoms with E-state index in [1.165, 1.54) is 11.1 Å². The minimum atomic E-state index is 0.922. The van der Waals surface area contributed by atoms with Gasteiger partial charge in [-0.3, -0.25) is 4.98 Å².